The summed E-state index contributed by atoms with van der Waals surface area (Å²) in [7, 11) is 0. The molecule has 0 saturated heterocycles. The molecule has 1 aliphatic heterocycles. The van der Waals surface area contributed by atoms with Gasteiger partial charge in [-0.25, -0.2) is 9.98 Å². The number of allylic oxidation sites excluding steroid dienone is 1. The molecule has 0 radical (unpaired) electrons. The standard InChI is InChI=1S/C6HF3N4/c7-6(8,9)5-12-3(1-10)4(2-11)13-5/h10H. The van der Waals surface area contributed by atoms with Crippen LogP contribution in [0.1, 0.15) is 0 Å². The van der Waals surface area contributed by atoms with E-state index in [2.05, 4.69) is 9.98 Å². The summed E-state index contributed by atoms with van der Waals surface area (Å²) in [5, 5.41) is 14.8. The van der Waals surface area contributed by atoms with Crippen LogP contribution in [0.15, 0.2) is 15.7 Å². The van der Waals surface area contributed by atoms with E-state index in [1.54, 1.807) is 5.87 Å². The molecule has 1 rings (SSSR count). The first-order valence-corrected chi connectivity index (χ1v) is 2.93. The van der Waals surface area contributed by atoms with Crippen LogP contribution in [0, 0.1) is 16.7 Å². The largest absolute Gasteiger partial charge is 0.451 e. The molecule has 13 heavy (non-hydrogen) atoms. The van der Waals surface area contributed by atoms with Crippen molar-refractivity contribution in [3.05, 3.63) is 5.70 Å². The average molecular weight is 186 g/mol. The van der Waals surface area contributed by atoms with Gasteiger partial charge in [0, 0.05) is 5.87 Å². The summed E-state index contributed by atoms with van der Waals surface area (Å²) < 4.78 is 35.8. The summed E-state index contributed by atoms with van der Waals surface area (Å²) in [4.78, 5) is 5.80. The van der Waals surface area contributed by atoms with E-state index in [9.17, 15) is 13.2 Å². The fourth-order valence-electron chi connectivity index (χ4n) is 0.635. The Hall–Kier alpha value is -1.93. The van der Waals surface area contributed by atoms with E-state index in [0.717, 1.165) is 0 Å². The molecule has 0 aromatic rings. The fraction of sp³-hybridized carbons (Fsp3) is 0.167. The van der Waals surface area contributed by atoms with E-state index in [1.807, 2.05) is 0 Å². The third-order valence-corrected chi connectivity index (χ3v) is 1.14. The van der Waals surface area contributed by atoms with Crippen LogP contribution in [0.4, 0.5) is 13.2 Å². The molecule has 0 bridgehead atoms. The lowest BCUT2D eigenvalue weighted by Crippen LogP contribution is -2.19. The SMILES string of the molecule is N#CC1=NC(C(F)(F)F)=NC1=C=N. The van der Waals surface area contributed by atoms with E-state index >= 15 is 0 Å². The van der Waals surface area contributed by atoms with Gasteiger partial charge in [0.15, 0.2) is 11.4 Å². The lowest BCUT2D eigenvalue weighted by atomic mass is 10.3. The molecule has 0 fully saturated rings. The Bertz CT molecular complexity index is 389. The Morgan fingerprint density at radius 2 is 1.92 bits per heavy atom. The maximum absolute atomic E-state index is 11.9. The van der Waals surface area contributed by atoms with Crippen LogP contribution in [0.3, 0.4) is 0 Å². The highest BCUT2D eigenvalue weighted by Crippen LogP contribution is 2.23. The molecule has 0 aliphatic carbocycles. The van der Waals surface area contributed by atoms with E-state index in [1.165, 1.54) is 6.07 Å². The molecule has 0 aromatic heterocycles. The predicted octanol–water partition coefficient (Wildman–Crippen LogP) is 1.06. The minimum absolute atomic E-state index is 0.491. The normalized spacial score (nSPS) is 16.0. The number of nitrogens with one attached hydrogen (secondary N) is 1. The van der Waals surface area contributed by atoms with E-state index in [0.29, 0.717) is 0 Å². The summed E-state index contributed by atoms with van der Waals surface area (Å²) in [5.74, 6) is 0.175. The summed E-state index contributed by atoms with van der Waals surface area (Å²) in [5.41, 5.74) is -1.03. The third-order valence-electron chi connectivity index (χ3n) is 1.14. The van der Waals surface area contributed by atoms with Gasteiger partial charge in [-0.3, -0.25) is 5.41 Å². The number of rotatable bonds is 0. The molecule has 4 nitrogen and oxygen atoms in total. The Morgan fingerprint density at radius 3 is 2.23 bits per heavy atom. The molecule has 0 atom stereocenters. The number of nitriles is 1. The van der Waals surface area contributed by atoms with Crippen LogP contribution in [-0.4, -0.2) is 23.6 Å². The van der Waals surface area contributed by atoms with Gasteiger partial charge in [-0.1, -0.05) is 0 Å². The fourth-order valence-corrected chi connectivity index (χ4v) is 0.635. The van der Waals surface area contributed by atoms with Crippen LogP contribution in [0.2, 0.25) is 0 Å². The maximum Gasteiger partial charge on any atom is 0.451 e. The van der Waals surface area contributed by atoms with Crippen LogP contribution in [0.25, 0.3) is 0 Å². The van der Waals surface area contributed by atoms with Gasteiger partial charge in [0.05, 0.1) is 0 Å². The number of hydrogen-bond donors (Lipinski definition) is 1. The quantitative estimate of drug-likeness (QED) is 0.564. The Morgan fingerprint density at radius 1 is 1.31 bits per heavy atom. The monoisotopic (exact) mass is 186 g/mol. The van der Waals surface area contributed by atoms with Crippen LogP contribution >= 0.6 is 0 Å². The topological polar surface area (TPSA) is 72.4 Å². The number of hydrogen-bond acceptors (Lipinski definition) is 4. The Balaban J connectivity index is 3.18. The zero-order valence-corrected chi connectivity index (χ0v) is 5.98. The summed E-state index contributed by atoms with van der Waals surface area (Å²) in [6, 6.07) is 1.38. The number of amidine groups is 1. The third kappa shape index (κ3) is 1.63. The van der Waals surface area contributed by atoms with Crippen molar-refractivity contribution in [2.75, 3.05) is 0 Å². The highest BCUT2D eigenvalue weighted by atomic mass is 19.4. The highest BCUT2D eigenvalue weighted by molar-refractivity contribution is 6.24. The lowest BCUT2D eigenvalue weighted by molar-refractivity contribution is -0.0594. The first kappa shape index (κ1) is 9.16. The molecule has 0 amide bonds. The zero-order chi connectivity index (χ0) is 10.1. The number of nitrogens with zero attached hydrogens (tertiary/aromatic N) is 3. The minimum Gasteiger partial charge on any atom is -0.257 e. The van der Waals surface area contributed by atoms with Crippen molar-refractivity contribution in [2.45, 2.75) is 6.18 Å². The lowest BCUT2D eigenvalue weighted by Gasteiger charge is -1.99. The van der Waals surface area contributed by atoms with Gasteiger partial charge in [0.2, 0.25) is 5.84 Å². The molecule has 0 unspecified atom stereocenters. The van der Waals surface area contributed by atoms with Gasteiger partial charge >= 0.3 is 6.18 Å². The van der Waals surface area contributed by atoms with Crippen molar-refractivity contribution >= 4 is 17.4 Å². The van der Waals surface area contributed by atoms with Crippen molar-refractivity contribution in [1.29, 1.82) is 10.7 Å². The Labute approximate surface area is 70.2 Å². The molecule has 66 valence electrons. The second kappa shape index (κ2) is 2.84. The second-order valence-corrected chi connectivity index (χ2v) is 1.98. The molecular weight excluding hydrogens is 185 g/mol. The van der Waals surface area contributed by atoms with Crippen molar-refractivity contribution < 1.29 is 13.2 Å². The molecule has 0 aromatic carbocycles. The van der Waals surface area contributed by atoms with Crippen molar-refractivity contribution in [3.8, 4) is 6.07 Å². The van der Waals surface area contributed by atoms with Crippen LogP contribution < -0.4 is 0 Å². The van der Waals surface area contributed by atoms with E-state index in [-0.39, 0.29) is 0 Å². The molecule has 0 saturated carbocycles. The second-order valence-electron chi connectivity index (χ2n) is 1.98. The smallest absolute Gasteiger partial charge is 0.257 e. The number of halogens is 3. The van der Waals surface area contributed by atoms with Gasteiger partial charge in [-0.05, 0) is 0 Å². The average Bonchev–Trinajstić information content (AvgIpc) is 2.45. The zero-order valence-electron chi connectivity index (χ0n) is 5.98. The summed E-state index contributed by atoms with van der Waals surface area (Å²) >= 11 is 0. The highest BCUT2D eigenvalue weighted by Gasteiger charge is 2.39. The summed E-state index contributed by atoms with van der Waals surface area (Å²) in [6.45, 7) is 0. The van der Waals surface area contributed by atoms with Crippen molar-refractivity contribution in [3.63, 3.8) is 0 Å². The van der Waals surface area contributed by atoms with Crippen molar-refractivity contribution in [2.24, 2.45) is 9.98 Å². The van der Waals surface area contributed by atoms with Crippen LogP contribution in [0.5, 0.6) is 0 Å². The molecule has 1 aliphatic rings. The van der Waals surface area contributed by atoms with E-state index in [4.69, 9.17) is 10.7 Å². The van der Waals surface area contributed by atoms with Gasteiger partial charge in [0.1, 0.15) is 6.07 Å². The predicted molar refractivity (Wildman–Crippen MR) is 37.8 cm³/mol. The molecule has 1 heterocycles. The molecule has 7 heteroatoms. The van der Waals surface area contributed by atoms with Gasteiger partial charge in [-0.15, -0.1) is 0 Å². The maximum atomic E-state index is 11.9. The molecular formula is C6HF3N4. The first-order valence-electron chi connectivity index (χ1n) is 2.93. The van der Waals surface area contributed by atoms with Gasteiger partial charge in [0.25, 0.3) is 0 Å². The number of aliphatic imine (C=N–C) groups is 2. The van der Waals surface area contributed by atoms with E-state index < -0.39 is 23.4 Å². The van der Waals surface area contributed by atoms with Gasteiger partial charge < -0.3 is 0 Å². The molecule has 0 spiro atoms. The Kier molecular flexibility index (Phi) is 2.00. The number of alkyl halides is 3. The van der Waals surface area contributed by atoms with Crippen molar-refractivity contribution in [1.82, 2.24) is 0 Å². The molecule has 1 N–H and O–H groups in total. The minimum atomic E-state index is -4.69. The first-order chi connectivity index (χ1) is 5.99. The summed E-state index contributed by atoms with van der Waals surface area (Å²) in [6.07, 6.45) is -4.69. The van der Waals surface area contributed by atoms with Gasteiger partial charge in [-0.2, -0.15) is 18.4 Å². The van der Waals surface area contributed by atoms with Crippen LogP contribution in [-0.2, 0) is 0 Å².